The van der Waals surface area contributed by atoms with E-state index in [1.165, 1.54) is 24.3 Å². The molecular weight excluding hydrogens is 434 g/mol. The van der Waals surface area contributed by atoms with Gasteiger partial charge in [0.15, 0.2) is 6.04 Å². The minimum absolute atomic E-state index is 0.0523. The predicted octanol–water partition coefficient (Wildman–Crippen LogP) is 4.60. The zero-order valence-electron chi connectivity index (χ0n) is 14.4. The number of benzene rings is 2. The molecule has 2 atom stereocenters. The van der Waals surface area contributed by atoms with Crippen molar-refractivity contribution in [3.8, 4) is 0 Å². The van der Waals surface area contributed by atoms with Crippen LogP contribution in [0.1, 0.15) is 28.9 Å². The highest BCUT2D eigenvalue weighted by molar-refractivity contribution is 7.89. The van der Waals surface area contributed by atoms with Gasteiger partial charge in [0, 0.05) is 10.6 Å². The summed E-state index contributed by atoms with van der Waals surface area (Å²) in [7, 11) is -4.62. The lowest BCUT2D eigenvalue weighted by molar-refractivity contribution is -0.173. The molecule has 0 saturated heterocycles. The molecule has 1 aromatic heterocycles. The number of hydrogen-bond acceptors (Lipinski definition) is 3. The minimum Gasteiger partial charge on any atom is -0.280 e. The average molecular weight is 446 g/mol. The van der Waals surface area contributed by atoms with Crippen LogP contribution in [-0.4, -0.2) is 29.1 Å². The van der Waals surface area contributed by atoms with Crippen molar-refractivity contribution in [1.82, 2.24) is 14.5 Å². The van der Waals surface area contributed by atoms with Crippen molar-refractivity contribution < 1.29 is 26.0 Å². The number of rotatable bonds is 3. The van der Waals surface area contributed by atoms with Crippen molar-refractivity contribution in [2.24, 2.45) is 0 Å². The Hall–Kier alpha value is -2.43. The number of aromatic amines is 1. The second-order valence-corrected chi connectivity index (χ2v) is 8.71. The van der Waals surface area contributed by atoms with E-state index in [2.05, 4.69) is 10.2 Å². The molecule has 2 aromatic carbocycles. The summed E-state index contributed by atoms with van der Waals surface area (Å²) < 4.78 is 82.3. The van der Waals surface area contributed by atoms with Gasteiger partial charge in [-0.05, 0) is 42.0 Å². The highest BCUT2D eigenvalue weighted by Gasteiger charge is 2.58. The molecular formula is C18H12ClF4N3O2S. The monoisotopic (exact) mass is 445 g/mol. The highest BCUT2D eigenvalue weighted by atomic mass is 35.5. The van der Waals surface area contributed by atoms with Crippen LogP contribution in [0.4, 0.5) is 17.6 Å². The van der Waals surface area contributed by atoms with Gasteiger partial charge in [-0.25, -0.2) is 12.8 Å². The first kappa shape index (κ1) is 19.9. The first-order valence-electron chi connectivity index (χ1n) is 8.25. The van der Waals surface area contributed by atoms with Gasteiger partial charge in [0.2, 0.25) is 10.0 Å². The van der Waals surface area contributed by atoms with Crippen LogP contribution < -0.4 is 0 Å². The Morgan fingerprint density at radius 3 is 2.24 bits per heavy atom. The summed E-state index contributed by atoms with van der Waals surface area (Å²) in [5.41, 5.74) is -0.140. The summed E-state index contributed by atoms with van der Waals surface area (Å²) in [5, 5.41) is 6.18. The SMILES string of the molecule is O=S(=O)(c1ccc(Cl)cc1)N1C(c2ccc(F)cc2)c2cn[nH]c2C1C(F)(F)F. The van der Waals surface area contributed by atoms with Gasteiger partial charge in [-0.3, -0.25) is 5.10 Å². The van der Waals surface area contributed by atoms with Gasteiger partial charge in [0.1, 0.15) is 5.82 Å². The van der Waals surface area contributed by atoms with E-state index in [1.54, 1.807) is 0 Å². The molecule has 0 bridgehead atoms. The normalized spacial score (nSPS) is 20.0. The van der Waals surface area contributed by atoms with E-state index >= 15 is 0 Å². The summed E-state index contributed by atoms with van der Waals surface area (Å²) in [5.74, 6) is -0.598. The molecule has 2 unspecified atom stereocenters. The Morgan fingerprint density at radius 2 is 1.66 bits per heavy atom. The number of halogens is 5. The fourth-order valence-corrected chi connectivity index (χ4v) is 5.31. The number of fused-ring (bicyclic) bond motifs is 1. The number of hydrogen-bond donors (Lipinski definition) is 1. The number of aromatic nitrogens is 2. The quantitative estimate of drug-likeness (QED) is 0.599. The molecule has 3 aromatic rings. The van der Waals surface area contributed by atoms with E-state index in [4.69, 9.17) is 11.6 Å². The Bertz CT molecular complexity index is 1150. The van der Waals surface area contributed by atoms with E-state index in [0.29, 0.717) is 4.31 Å². The summed E-state index contributed by atoms with van der Waals surface area (Å²) in [4.78, 5) is -0.346. The van der Waals surface area contributed by atoms with Gasteiger partial charge >= 0.3 is 6.18 Å². The molecule has 1 N–H and O–H groups in total. The first-order chi connectivity index (χ1) is 13.6. The summed E-state index contributed by atoms with van der Waals surface area (Å²) in [6.07, 6.45) is -3.77. The van der Waals surface area contributed by atoms with Crippen LogP contribution in [0.3, 0.4) is 0 Å². The van der Waals surface area contributed by atoms with Crippen LogP contribution in [0.25, 0.3) is 0 Å². The van der Waals surface area contributed by atoms with Gasteiger partial charge in [-0.15, -0.1) is 0 Å². The van der Waals surface area contributed by atoms with Crippen molar-refractivity contribution >= 4 is 21.6 Å². The van der Waals surface area contributed by atoms with Crippen molar-refractivity contribution in [2.45, 2.75) is 23.2 Å². The Balaban J connectivity index is 1.94. The van der Waals surface area contributed by atoms with E-state index in [1.807, 2.05) is 0 Å². The molecule has 1 aliphatic heterocycles. The van der Waals surface area contributed by atoms with Crippen molar-refractivity contribution in [3.05, 3.63) is 82.4 Å². The fourth-order valence-electron chi connectivity index (χ4n) is 3.44. The zero-order chi connectivity index (χ0) is 21.0. The Kier molecular flexibility index (Phi) is 4.67. The molecule has 29 heavy (non-hydrogen) atoms. The summed E-state index contributed by atoms with van der Waals surface area (Å²) in [6.45, 7) is 0. The maximum atomic E-state index is 14.0. The second-order valence-electron chi connectivity index (χ2n) is 6.43. The van der Waals surface area contributed by atoms with Crippen molar-refractivity contribution in [3.63, 3.8) is 0 Å². The molecule has 11 heteroatoms. The lowest BCUT2D eigenvalue weighted by atomic mass is 10.0. The molecule has 4 rings (SSSR count). The molecule has 152 valence electrons. The lowest BCUT2D eigenvalue weighted by Crippen LogP contribution is -2.40. The zero-order valence-corrected chi connectivity index (χ0v) is 15.9. The largest absolute Gasteiger partial charge is 0.410 e. The number of nitrogens with zero attached hydrogens (tertiary/aromatic N) is 2. The van der Waals surface area contributed by atoms with Crippen molar-refractivity contribution in [2.75, 3.05) is 0 Å². The predicted molar refractivity (Wildman–Crippen MR) is 96.1 cm³/mol. The van der Waals surface area contributed by atoms with Gasteiger partial charge in [0.25, 0.3) is 0 Å². The smallest absolute Gasteiger partial charge is 0.280 e. The summed E-state index contributed by atoms with van der Waals surface area (Å²) >= 11 is 5.78. The third-order valence-electron chi connectivity index (χ3n) is 4.66. The molecule has 0 amide bonds. The van der Waals surface area contributed by atoms with Crippen LogP contribution in [0.15, 0.2) is 59.6 Å². The maximum absolute atomic E-state index is 14.0. The van der Waals surface area contributed by atoms with Crippen LogP contribution in [0, 0.1) is 5.82 Å². The highest BCUT2D eigenvalue weighted by Crippen LogP contribution is 2.53. The van der Waals surface area contributed by atoms with Crippen molar-refractivity contribution in [1.29, 1.82) is 0 Å². The summed E-state index contributed by atoms with van der Waals surface area (Å²) in [6, 6.07) is 5.64. The number of alkyl halides is 3. The Morgan fingerprint density at radius 1 is 1.03 bits per heavy atom. The first-order valence-corrected chi connectivity index (χ1v) is 10.1. The molecule has 1 aliphatic rings. The molecule has 0 aliphatic carbocycles. The number of sulfonamides is 1. The van der Waals surface area contributed by atoms with Gasteiger partial charge < -0.3 is 0 Å². The standard InChI is InChI=1S/C18H12ClF4N3O2S/c19-11-3-7-13(8-4-11)29(27,28)26-16(10-1-5-12(20)6-2-10)14-9-24-25-15(14)17(26)18(21,22)23/h1-9,16-17H,(H,24,25). The van der Waals surface area contributed by atoms with E-state index in [9.17, 15) is 26.0 Å². The van der Waals surface area contributed by atoms with Crippen LogP contribution in [0.2, 0.25) is 5.02 Å². The molecule has 0 spiro atoms. The minimum atomic E-state index is -4.92. The van der Waals surface area contributed by atoms with Gasteiger partial charge in [-0.2, -0.15) is 22.6 Å². The molecule has 0 radical (unpaired) electrons. The fraction of sp³-hybridized carbons (Fsp3) is 0.167. The number of nitrogens with one attached hydrogen (secondary N) is 1. The van der Waals surface area contributed by atoms with Gasteiger partial charge in [-0.1, -0.05) is 23.7 Å². The maximum Gasteiger partial charge on any atom is 0.410 e. The van der Waals surface area contributed by atoms with Crippen LogP contribution in [-0.2, 0) is 10.0 Å². The van der Waals surface area contributed by atoms with E-state index < -0.39 is 34.1 Å². The molecule has 0 saturated carbocycles. The third-order valence-corrected chi connectivity index (χ3v) is 6.76. The topological polar surface area (TPSA) is 66.1 Å². The van der Waals surface area contributed by atoms with Crippen LogP contribution >= 0.6 is 11.6 Å². The Labute approximate surface area is 168 Å². The van der Waals surface area contributed by atoms with E-state index in [0.717, 1.165) is 30.5 Å². The van der Waals surface area contributed by atoms with E-state index in [-0.39, 0.29) is 26.7 Å². The van der Waals surface area contributed by atoms with Gasteiger partial charge in [0.05, 0.1) is 22.8 Å². The molecule has 0 fully saturated rings. The second kappa shape index (κ2) is 6.82. The molecule has 2 heterocycles. The molecule has 5 nitrogen and oxygen atoms in total. The lowest BCUT2D eigenvalue weighted by Gasteiger charge is -2.31. The average Bonchev–Trinajstić information content (AvgIpc) is 3.22. The number of H-pyrrole nitrogens is 1. The third kappa shape index (κ3) is 3.30. The van der Waals surface area contributed by atoms with Crippen LogP contribution in [0.5, 0.6) is 0 Å².